The van der Waals surface area contributed by atoms with Crippen molar-refractivity contribution in [3.8, 4) is 0 Å². The average Bonchev–Trinajstić information content (AvgIpc) is 2.76. The normalized spacial score (nSPS) is 21.4. The lowest BCUT2D eigenvalue weighted by atomic mass is 10.1. The highest BCUT2D eigenvalue weighted by Crippen LogP contribution is 2.18. The first-order valence-electron chi connectivity index (χ1n) is 4.87. The third-order valence-electron chi connectivity index (χ3n) is 2.51. The number of hydrogen-bond acceptors (Lipinski definition) is 4. The molecule has 1 atom stereocenters. The van der Waals surface area contributed by atoms with E-state index in [-0.39, 0.29) is 17.7 Å². The van der Waals surface area contributed by atoms with E-state index < -0.39 is 0 Å². The van der Waals surface area contributed by atoms with E-state index in [0.29, 0.717) is 25.2 Å². The van der Waals surface area contributed by atoms with Gasteiger partial charge in [0.05, 0.1) is 0 Å². The quantitative estimate of drug-likeness (QED) is 0.694. The molecule has 1 aromatic rings. The standard InChI is InChI=1S/C9H12N4O2/c1-6-4-8(14)13(9(6)15)3-2-7-10-5-11-12-7/h5-6H,2-4H2,1H3,(H,10,11,12). The molecule has 0 aromatic carbocycles. The lowest BCUT2D eigenvalue weighted by molar-refractivity contribution is -0.139. The van der Waals surface area contributed by atoms with E-state index in [1.165, 1.54) is 11.2 Å². The molecule has 1 aliphatic heterocycles. The molecule has 1 fully saturated rings. The highest BCUT2D eigenvalue weighted by Gasteiger charge is 2.34. The van der Waals surface area contributed by atoms with Gasteiger partial charge in [0.2, 0.25) is 11.8 Å². The molecule has 1 N–H and O–H groups in total. The molecular formula is C9H12N4O2. The summed E-state index contributed by atoms with van der Waals surface area (Å²) in [6.07, 6.45) is 2.27. The zero-order valence-corrected chi connectivity index (χ0v) is 8.43. The lowest BCUT2D eigenvalue weighted by Gasteiger charge is -2.12. The van der Waals surface area contributed by atoms with Crippen LogP contribution in [0.1, 0.15) is 19.2 Å². The number of rotatable bonds is 3. The van der Waals surface area contributed by atoms with Gasteiger partial charge in [-0.2, -0.15) is 5.10 Å². The second-order valence-electron chi connectivity index (χ2n) is 3.67. The van der Waals surface area contributed by atoms with Crippen LogP contribution in [0, 0.1) is 5.92 Å². The van der Waals surface area contributed by atoms with Crippen LogP contribution < -0.4 is 0 Å². The van der Waals surface area contributed by atoms with Gasteiger partial charge < -0.3 is 0 Å². The van der Waals surface area contributed by atoms with Gasteiger partial charge in [0, 0.05) is 25.3 Å². The summed E-state index contributed by atoms with van der Waals surface area (Å²) >= 11 is 0. The largest absolute Gasteiger partial charge is 0.282 e. The summed E-state index contributed by atoms with van der Waals surface area (Å²) < 4.78 is 0. The zero-order valence-electron chi connectivity index (χ0n) is 8.43. The minimum atomic E-state index is -0.174. The van der Waals surface area contributed by atoms with Crippen LogP contribution in [0.5, 0.6) is 0 Å². The molecule has 2 heterocycles. The first-order valence-corrected chi connectivity index (χ1v) is 4.87. The van der Waals surface area contributed by atoms with Crippen molar-refractivity contribution >= 4 is 11.8 Å². The third-order valence-corrected chi connectivity index (χ3v) is 2.51. The molecule has 0 saturated carbocycles. The van der Waals surface area contributed by atoms with Crippen LogP contribution in [0.2, 0.25) is 0 Å². The van der Waals surface area contributed by atoms with Gasteiger partial charge in [-0.05, 0) is 0 Å². The van der Waals surface area contributed by atoms with Gasteiger partial charge in [0.15, 0.2) is 0 Å². The van der Waals surface area contributed by atoms with Gasteiger partial charge >= 0.3 is 0 Å². The van der Waals surface area contributed by atoms with Crippen molar-refractivity contribution < 1.29 is 9.59 Å². The Morgan fingerprint density at radius 3 is 2.93 bits per heavy atom. The second kappa shape index (κ2) is 3.80. The Kier molecular flexibility index (Phi) is 2.49. The maximum atomic E-state index is 11.5. The summed E-state index contributed by atoms with van der Waals surface area (Å²) in [5, 5.41) is 6.39. The molecule has 2 rings (SSSR count). The first-order chi connectivity index (χ1) is 7.18. The molecule has 1 aromatic heterocycles. The highest BCUT2D eigenvalue weighted by molar-refractivity contribution is 6.03. The smallest absolute Gasteiger partial charge is 0.232 e. The Labute approximate surface area is 86.7 Å². The zero-order chi connectivity index (χ0) is 10.8. The minimum Gasteiger partial charge on any atom is -0.282 e. The lowest BCUT2D eigenvalue weighted by Crippen LogP contribution is -2.32. The van der Waals surface area contributed by atoms with Crippen LogP contribution in [0.3, 0.4) is 0 Å². The number of H-pyrrole nitrogens is 1. The Bertz CT molecular complexity index is 373. The van der Waals surface area contributed by atoms with Gasteiger partial charge in [-0.25, -0.2) is 4.98 Å². The van der Waals surface area contributed by atoms with E-state index >= 15 is 0 Å². The average molecular weight is 208 g/mol. The second-order valence-corrected chi connectivity index (χ2v) is 3.67. The molecular weight excluding hydrogens is 196 g/mol. The van der Waals surface area contributed by atoms with E-state index in [2.05, 4.69) is 15.2 Å². The highest BCUT2D eigenvalue weighted by atomic mass is 16.2. The third kappa shape index (κ3) is 1.88. The molecule has 1 saturated heterocycles. The number of aromatic amines is 1. The van der Waals surface area contributed by atoms with Gasteiger partial charge in [-0.3, -0.25) is 19.6 Å². The summed E-state index contributed by atoms with van der Waals surface area (Å²) in [6.45, 7) is 2.16. The Balaban J connectivity index is 1.95. The minimum absolute atomic E-state index is 0.0838. The van der Waals surface area contributed by atoms with E-state index in [1.54, 1.807) is 6.92 Å². The first kappa shape index (κ1) is 9.82. The summed E-state index contributed by atoms with van der Waals surface area (Å²) in [5.74, 6) is 0.342. The number of nitrogens with zero attached hydrogens (tertiary/aromatic N) is 3. The molecule has 80 valence electrons. The van der Waals surface area contributed by atoms with Crippen molar-refractivity contribution in [3.05, 3.63) is 12.2 Å². The van der Waals surface area contributed by atoms with Gasteiger partial charge in [-0.15, -0.1) is 0 Å². The summed E-state index contributed by atoms with van der Waals surface area (Å²) in [5.41, 5.74) is 0. The molecule has 1 aliphatic rings. The number of nitrogens with one attached hydrogen (secondary N) is 1. The Morgan fingerprint density at radius 2 is 2.40 bits per heavy atom. The Hall–Kier alpha value is -1.72. The van der Waals surface area contributed by atoms with Gasteiger partial charge in [0.25, 0.3) is 0 Å². The Morgan fingerprint density at radius 1 is 1.60 bits per heavy atom. The van der Waals surface area contributed by atoms with Crippen molar-refractivity contribution in [1.82, 2.24) is 20.1 Å². The van der Waals surface area contributed by atoms with Crippen molar-refractivity contribution in [2.75, 3.05) is 6.54 Å². The van der Waals surface area contributed by atoms with Crippen LogP contribution in [0.15, 0.2) is 6.33 Å². The molecule has 6 heteroatoms. The molecule has 6 nitrogen and oxygen atoms in total. The maximum Gasteiger partial charge on any atom is 0.232 e. The fourth-order valence-corrected chi connectivity index (χ4v) is 1.65. The molecule has 0 radical (unpaired) electrons. The van der Waals surface area contributed by atoms with E-state index in [1.807, 2.05) is 0 Å². The molecule has 0 aliphatic carbocycles. The summed E-state index contributed by atoms with van der Waals surface area (Å²) in [6, 6.07) is 0. The molecule has 0 bridgehead atoms. The fraction of sp³-hybridized carbons (Fsp3) is 0.556. The number of hydrogen-bond donors (Lipinski definition) is 1. The molecule has 2 amide bonds. The van der Waals surface area contributed by atoms with E-state index in [9.17, 15) is 9.59 Å². The summed E-state index contributed by atoms with van der Waals surface area (Å²) in [7, 11) is 0. The number of carbonyl (C=O) groups excluding carboxylic acids is 2. The number of amides is 2. The molecule has 0 spiro atoms. The number of aromatic nitrogens is 3. The van der Waals surface area contributed by atoms with Gasteiger partial charge in [-0.1, -0.05) is 6.92 Å². The summed E-state index contributed by atoms with van der Waals surface area (Å²) in [4.78, 5) is 28.2. The molecule has 15 heavy (non-hydrogen) atoms. The van der Waals surface area contributed by atoms with Gasteiger partial charge in [0.1, 0.15) is 12.2 Å². The van der Waals surface area contributed by atoms with Crippen LogP contribution in [-0.4, -0.2) is 38.4 Å². The van der Waals surface area contributed by atoms with Crippen molar-refractivity contribution in [2.24, 2.45) is 5.92 Å². The molecule has 1 unspecified atom stereocenters. The van der Waals surface area contributed by atoms with Crippen LogP contribution >= 0.6 is 0 Å². The number of imide groups is 1. The predicted octanol–water partition coefficient (Wildman–Crippen LogP) is -0.258. The van der Waals surface area contributed by atoms with Crippen molar-refractivity contribution in [3.63, 3.8) is 0 Å². The topological polar surface area (TPSA) is 79.0 Å². The van der Waals surface area contributed by atoms with Crippen LogP contribution in [-0.2, 0) is 16.0 Å². The van der Waals surface area contributed by atoms with Crippen LogP contribution in [0.25, 0.3) is 0 Å². The van der Waals surface area contributed by atoms with Crippen molar-refractivity contribution in [2.45, 2.75) is 19.8 Å². The van der Waals surface area contributed by atoms with E-state index in [4.69, 9.17) is 0 Å². The maximum absolute atomic E-state index is 11.5. The van der Waals surface area contributed by atoms with Crippen LogP contribution in [0.4, 0.5) is 0 Å². The number of likely N-dealkylation sites (tertiary alicyclic amines) is 1. The fourth-order valence-electron chi connectivity index (χ4n) is 1.65. The SMILES string of the molecule is CC1CC(=O)N(CCc2ncn[nH]2)C1=O. The number of carbonyl (C=O) groups is 2. The monoisotopic (exact) mass is 208 g/mol. The predicted molar refractivity (Wildman–Crippen MR) is 50.6 cm³/mol. The van der Waals surface area contributed by atoms with Crippen molar-refractivity contribution in [1.29, 1.82) is 0 Å². The van der Waals surface area contributed by atoms with E-state index in [0.717, 1.165) is 0 Å².